The summed E-state index contributed by atoms with van der Waals surface area (Å²) < 4.78 is 0. The van der Waals surface area contributed by atoms with Crippen molar-refractivity contribution < 1.29 is 9.90 Å². The molecule has 1 atom stereocenters. The minimum Gasteiger partial charge on any atom is -0.393 e. The molecule has 1 amide bonds. The Morgan fingerprint density at radius 3 is 2.83 bits per heavy atom. The van der Waals surface area contributed by atoms with E-state index in [4.69, 9.17) is 10.8 Å². The van der Waals surface area contributed by atoms with Gasteiger partial charge in [-0.3, -0.25) is 4.79 Å². The third kappa shape index (κ3) is 6.12. The highest BCUT2D eigenvalue weighted by atomic mass is 16.3. The molecule has 0 fully saturated rings. The van der Waals surface area contributed by atoms with Crippen molar-refractivity contribution in [2.75, 3.05) is 13.1 Å². The van der Waals surface area contributed by atoms with Crippen LogP contribution in [0.3, 0.4) is 0 Å². The summed E-state index contributed by atoms with van der Waals surface area (Å²) in [5, 5.41) is 11.8. The largest absolute Gasteiger partial charge is 0.393 e. The Labute approximate surface area is 73.1 Å². The van der Waals surface area contributed by atoms with Crippen LogP contribution in [0.2, 0.25) is 0 Å². The average Bonchev–Trinajstić information content (AvgIpc) is 2.04. The zero-order valence-electron chi connectivity index (χ0n) is 7.55. The predicted octanol–water partition coefficient (Wildman–Crippen LogP) is -0.388. The number of aliphatic hydroxyl groups excluding tert-OH is 1. The topological polar surface area (TPSA) is 75.3 Å². The number of nitrogens with one attached hydrogen (secondary N) is 1. The van der Waals surface area contributed by atoms with Crippen molar-refractivity contribution in [3.05, 3.63) is 0 Å². The normalized spacial score (nSPS) is 12.6. The van der Waals surface area contributed by atoms with Gasteiger partial charge in [-0.25, -0.2) is 0 Å². The van der Waals surface area contributed by atoms with Crippen LogP contribution in [-0.2, 0) is 4.79 Å². The van der Waals surface area contributed by atoms with E-state index in [1.165, 1.54) is 0 Å². The third-order valence-electron chi connectivity index (χ3n) is 1.64. The van der Waals surface area contributed by atoms with Crippen LogP contribution in [0.5, 0.6) is 0 Å². The van der Waals surface area contributed by atoms with Gasteiger partial charge >= 0.3 is 0 Å². The lowest BCUT2D eigenvalue weighted by Crippen LogP contribution is -2.28. The first-order valence-corrected chi connectivity index (χ1v) is 4.35. The zero-order chi connectivity index (χ0) is 9.40. The molecule has 0 aromatic rings. The van der Waals surface area contributed by atoms with Gasteiger partial charge in [0.05, 0.1) is 6.10 Å². The highest BCUT2D eigenvalue weighted by Gasteiger charge is 2.02. The summed E-state index contributed by atoms with van der Waals surface area (Å²) >= 11 is 0. The van der Waals surface area contributed by atoms with Gasteiger partial charge in [0.2, 0.25) is 5.91 Å². The van der Waals surface area contributed by atoms with Crippen molar-refractivity contribution in [1.29, 1.82) is 0 Å². The molecule has 4 nitrogen and oxygen atoms in total. The van der Waals surface area contributed by atoms with Gasteiger partial charge in [0.15, 0.2) is 0 Å². The van der Waals surface area contributed by atoms with Crippen molar-refractivity contribution in [3.63, 3.8) is 0 Å². The predicted molar refractivity (Wildman–Crippen MR) is 47.6 cm³/mol. The first-order chi connectivity index (χ1) is 5.70. The summed E-state index contributed by atoms with van der Waals surface area (Å²) in [4.78, 5) is 10.8. The van der Waals surface area contributed by atoms with E-state index in [1.54, 1.807) is 0 Å². The second kappa shape index (κ2) is 7.06. The van der Waals surface area contributed by atoms with Gasteiger partial charge in [0.1, 0.15) is 0 Å². The van der Waals surface area contributed by atoms with E-state index in [-0.39, 0.29) is 12.0 Å². The number of rotatable bonds is 6. The van der Waals surface area contributed by atoms with E-state index >= 15 is 0 Å². The fourth-order valence-corrected chi connectivity index (χ4v) is 0.802. The minimum absolute atomic E-state index is 0.0409. The van der Waals surface area contributed by atoms with E-state index in [9.17, 15) is 4.79 Å². The second-order valence-corrected chi connectivity index (χ2v) is 2.74. The number of aliphatic hydroxyl groups is 1. The van der Waals surface area contributed by atoms with E-state index in [1.807, 2.05) is 6.92 Å². The van der Waals surface area contributed by atoms with Crippen molar-refractivity contribution in [3.8, 4) is 0 Å². The third-order valence-corrected chi connectivity index (χ3v) is 1.64. The van der Waals surface area contributed by atoms with Crippen molar-refractivity contribution in [1.82, 2.24) is 5.32 Å². The fourth-order valence-electron chi connectivity index (χ4n) is 0.802. The molecular weight excluding hydrogens is 156 g/mol. The van der Waals surface area contributed by atoms with Gasteiger partial charge in [-0.1, -0.05) is 6.92 Å². The van der Waals surface area contributed by atoms with Crippen LogP contribution < -0.4 is 11.1 Å². The smallest absolute Gasteiger partial charge is 0.221 e. The highest BCUT2D eigenvalue weighted by molar-refractivity contribution is 5.75. The van der Waals surface area contributed by atoms with E-state index < -0.39 is 0 Å². The zero-order valence-corrected chi connectivity index (χ0v) is 7.55. The number of carbonyl (C=O) groups excluding carboxylic acids is 1. The molecule has 4 heteroatoms. The maximum absolute atomic E-state index is 10.8. The molecule has 0 rings (SSSR count). The summed E-state index contributed by atoms with van der Waals surface area (Å²) in [5.74, 6) is -0.0409. The van der Waals surface area contributed by atoms with Crippen LogP contribution in [0, 0.1) is 0 Å². The van der Waals surface area contributed by atoms with Gasteiger partial charge in [-0.2, -0.15) is 0 Å². The van der Waals surface area contributed by atoms with Crippen LogP contribution in [-0.4, -0.2) is 30.2 Å². The highest BCUT2D eigenvalue weighted by Crippen LogP contribution is 1.94. The Morgan fingerprint density at radius 1 is 1.67 bits per heavy atom. The lowest BCUT2D eigenvalue weighted by Gasteiger charge is -2.07. The Morgan fingerprint density at radius 2 is 2.33 bits per heavy atom. The van der Waals surface area contributed by atoms with Gasteiger partial charge in [-0.05, 0) is 12.8 Å². The number of amides is 1. The molecule has 72 valence electrons. The van der Waals surface area contributed by atoms with Crippen molar-refractivity contribution in [2.45, 2.75) is 32.3 Å². The molecule has 12 heavy (non-hydrogen) atoms. The van der Waals surface area contributed by atoms with Crippen LogP contribution >= 0.6 is 0 Å². The molecule has 4 N–H and O–H groups in total. The van der Waals surface area contributed by atoms with Gasteiger partial charge in [0.25, 0.3) is 0 Å². The average molecular weight is 174 g/mol. The molecule has 0 aliphatic rings. The number of hydrogen-bond donors (Lipinski definition) is 3. The molecule has 0 spiro atoms. The SMILES string of the molecule is CCC(O)CCNC(=O)CCN. The standard InChI is InChI=1S/C8H18N2O2/c1-2-7(11)4-6-10-8(12)3-5-9/h7,11H,2-6,9H2,1H3,(H,10,12). The summed E-state index contributed by atoms with van der Waals surface area (Å²) in [6.45, 7) is 2.82. The maximum Gasteiger partial charge on any atom is 0.221 e. The molecule has 0 aliphatic heterocycles. The number of hydrogen-bond acceptors (Lipinski definition) is 3. The van der Waals surface area contributed by atoms with E-state index in [2.05, 4.69) is 5.32 Å². The maximum atomic E-state index is 10.8. The summed E-state index contributed by atoms with van der Waals surface area (Å²) in [6, 6.07) is 0. The molecule has 0 saturated heterocycles. The molecule has 0 radical (unpaired) electrons. The Balaban J connectivity index is 3.24. The molecule has 0 saturated carbocycles. The fraction of sp³-hybridized carbons (Fsp3) is 0.875. The van der Waals surface area contributed by atoms with Gasteiger partial charge in [-0.15, -0.1) is 0 Å². The molecule has 0 aliphatic carbocycles. The number of nitrogens with two attached hydrogens (primary N) is 1. The second-order valence-electron chi connectivity index (χ2n) is 2.74. The summed E-state index contributed by atoms with van der Waals surface area (Å²) in [6.07, 6.45) is 1.41. The quantitative estimate of drug-likeness (QED) is 0.513. The van der Waals surface area contributed by atoms with Crippen LogP contribution in [0.25, 0.3) is 0 Å². The molecular formula is C8H18N2O2. The molecule has 0 aromatic heterocycles. The molecule has 0 heterocycles. The number of carbonyl (C=O) groups is 1. The lowest BCUT2D eigenvalue weighted by atomic mass is 10.2. The van der Waals surface area contributed by atoms with E-state index in [0.717, 1.165) is 6.42 Å². The Bertz CT molecular complexity index is 128. The van der Waals surface area contributed by atoms with Crippen LogP contribution in [0.4, 0.5) is 0 Å². The van der Waals surface area contributed by atoms with Crippen LogP contribution in [0.1, 0.15) is 26.2 Å². The minimum atomic E-state index is -0.303. The first kappa shape index (κ1) is 11.4. The molecule has 0 bridgehead atoms. The van der Waals surface area contributed by atoms with Gasteiger partial charge < -0.3 is 16.2 Å². The van der Waals surface area contributed by atoms with E-state index in [0.29, 0.717) is 25.9 Å². The molecule has 1 unspecified atom stereocenters. The van der Waals surface area contributed by atoms with Gasteiger partial charge in [0, 0.05) is 19.5 Å². The first-order valence-electron chi connectivity index (χ1n) is 4.35. The monoisotopic (exact) mass is 174 g/mol. The Kier molecular flexibility index (Phi) is 6.70. The summed E-state index contributed by atoms with van der Waals surface area (Å²) in [5.41, 5.74) is 5.18. The lowest BCUT2D eigenvalue weighted by molar-refractivity contribution is -0.120. The summed E-state index contributed by atoms with van der Waals surface area (Å²) in [7, 11) is 0. The van der Waals surface area contributed by atoms with Crippen molar-refractivity contribution >= 4 is 5.91 Å². The van der Waals surface area contributed by atoms with Crippen LogP contribution in [0.15, 0.2) is 0 Å². The van der Waals surface area contributed by atoms with Crippen molar-refractivity contribution in [2.24, 2.45) is 5.73 Å². The molecule has 0 aromatic carbocycles. The Hall–Kier alpha value is -0.610.